The van der Waals surface area contributed by atoms with E-state index in [0.29, 0.717) is 50.3 Å². The minimum absolute atomic E-state index is 0.148. The summed E-state index contributed by atoms with van der Waals surface area (Å²) in [7, 11) is 2.10. The van der Waals surface area contributed by atoms with E-state index in [1.165, 1.54) is 4.90 Å². The molecule has 0 spiro atoms. The fourth-order valence-electron chi connectivity index (χ4n) is 4.83. The van der Waals surface area contributed by atoms with E-state index in [1.807, 2.05) is 6.92 Å². The van der Waals surface area contributed by atoms with Crippen molar-refractivity contribution < 1.29 is 14.6 Å². The van der Waals surface area contributed by atoms with E-state index in [2.05, 4.69) is 28.2 Å². The van der Waals surface area contributed by atoms with Gasteiger partial charge in [0.1, 0.15) is 18.2 Å². The second-order valence-electron chi connectivity index (χ2n) is 8.46. The van der Waals surface area contributed by atoms with E-state index in [4.69, 9.17) is 9.72 Å². The molecule has 2 N–H and O–H groups in total. The number of anilines is 1. The number of likely N-dealkylation sites (N-methyl/N-ethyl adjacent to an activating group) is 1. The van der Waals surface area contributed by atoms with Crippen molar-refractivity contribution in [3.05, 3.63) is 16.8 Å². The number of hydrogen-bond donors (Lipinski definition) is 2. The second kappa shape index (κ2) is 8.66. The molecule has 2 saturated heterocycles. The van der Waals surface area contributed by atoms with Crippen molar-refractivity contribution >= 4 is 11.8 Å². The molecule has 9 heteroatoms. The molecule has 1 aromatic rings. The molecular formula is C21H30N6O3. The predicted molar refractivity (Wildman–Crippen MR) is 112 cm³/mol. The van der Waals surface area contributed by atoms with Crippen LogP contribution in [0.25, 0.3) is 0 Å². The van der Waals surface area contributed by atoms with Gasteiger partial charge < -0.3 is 29.9 Å². The molecule has 0 bridgehead atoms. The Labute approximate surface area is 177 Å². The van der Waals surface area contributed by atoms with Crippen LogP contribution in [0.15, 0.2) is 0 Å². The molecule has 4 rings (SSSR count). The van der Waals surface area contributed by atoms with E-state index in [0.717, 1.165) is 49.3 Å². The Morgan fingerprint density at radius 3 is 2.90 bits per heavy atom. The molecule has 0 radical (unpaired) electrons. The van der Waals surface area contributed by atoms with Gasteiger partial charge in [-0.05, 0) is 46.3 Å². The summed E-state index contributed by atoms with van der Waals surface area (Å²) in [6.07, 6.45) is 2.15. The molecule has 0 aliphatic carbocycles. The van der Waals surface area contributed by atoms with Crippen molar-refractivity contribution in [3.63, 3.8) is 0 Å². The number of amides is 1. The summed E-state index contributed by atoms with van der Waals surface area (Å²) < 4.78 is 6.13. The molecular weight excluding hydrogens is 384 g/mol. The largest absolute Gasteiger partial charge is 0.475 e. The van der Waals surface area contributed by atoms with Gasteiger partial charge in [0.05, 0.1) is 11.4 Å². The zero-order valence-corrected chi connectivity index (χ0v) is 17.7. The highest BCUT2D eigenvalue weighted by molar-refractivity contribution is 5.71. The predicted octanol–water partition coefficient (Wildman–Crippen LogP) is 1.26. The molecule has 2 unspecified atom stereocenters. The van der Waals surface area contributed by atoms with E-state index in [1.54, 1.807) is 0 Å². The average molecular weight is 415 g/mol. The average Bonchev–Trinajstić information content (AvgIpc) is 3.15. The summed E-state index contributed by atoms with van der Waals surface area (Å²) in [6, 6.07) is 2.55. The smallest absolute Gasteiger partial charge is 0.407 e. The van der Waals surface area contributed by atoms with Crippen molar-refractivity contribution in [1.82, 2.24) is 20.1 Å². The minimum atomic E-state index is -0.895. The fraction of sp³-hybridized carbons (Fsp3) is 0.667. The topological polar surface area (TPSA) is 105 Å². The summed E-state index contributed by atoms with van der Waals surface area (Å²) in [5.74, 6) is 0.406. The van der Waals surface area contributed by atoms with Crippen molar-refractivity contribution in [1.29, 1.82) is 5.26 Å². The first kappa shape index (κ1) is 20.7. The van der Waals surface area contributed by atoms with Crippen LogP contribution in [-0.4, -0.2) is 84.4 Å². The third-order valence-corrected chi connectivity index (χ3v) is 6.55. The maximum Gasteiger partial charge on any atom is 0.407 e. The number of nitrogens with zero attached hydrogens (tertiary/aromatic N) is 5. The first-order valence-corrected chi connectivity index (χ1v) is 10.7. The summed E-state index contributed by atoms with van der Waals surface area (Å²) in [4.78, 5) is 22.1. The Bertz CT molecular complexity index is 854. The molecule has 1 amide bonds. The number of hydrogen-bond acceptors (Lipinski definition) is 7. The molecule has 2 fully saturated rings. The van der Waals surface area contributed by atoms with Crippen LogP contribution in [0.5, 0.6) is 5.88 Å². The van der Waals surface area contributed by atoms with Crippen molar-refractivity contribution in [2.75, 3.05) is 51.3 Å². The molecule has 2 atom stereocenters. The van der Waals surface area contributed by atoms with Gasteiger partial charge in [0.2, 0.25) is 5.88 Å². The normalized spacial score (nSPS) is 24.4. The highest BCUT2D eigenvalue weighted by Crippen LogP contribution is 2.36. The van der Waals surface area contributed by atoms with Gasteiger partial charge in [0.15, 0.2) is 0 Å². The number of aromatic nitrogens is 1. The van der Waals surface area contributed by atoms with Gasteiger partial charge in [-0.25, -0.2) is 9.78 Å². The summed E-state index contributed by atoms with van der Waals surface area (Å²) in [5.41, 5.74) is 3.38. The Morgan fingerprint density at radius 1 is 1.40 bits per heavy atom. The quantitative estimate of drug-likeness (QED) is 0.759. The van der Waals surface area contributed by atoms with Crippen molar-refractivity contribution in [2.24, 2.45) is 0 Å². The van der Waals surface area contributed by atoms with E-state index < -0.39 is 6.09 Å². The lowest BCUT2D eigenvalue weighted by atomic mass is 9.98. The molecule has 30 heavy (non-hydrogen) atoms. The second-order valence-corrected chi connectivity index (χ2v) is 8.46. The minimum Gasteiger partial charge on any atom is -0.475 e. The summed E-state index contributed by atoms with van der Waals surface area (Å²) in [5, 5.41) is 22.8. The molecule has 4 heterocycles. The number of carbonyl (C=O) groups is 1. The maximum absolute atomic E-state index is 11.5. The van der Waals surface area contributed by atoms with Crippen molar-refractivity contribution in [3.8, 4) is 11.9 Å². The molecule has 3 aliphatic heterocycles. The monoisotopic (exact) mass is 414 g/mol. The zero-order chi connectivity index (χ0) is 21.3. The van der Waals surface area contributed by atoms with Gasteiger partial charge >= 0.3 is 6.09 Å². The molecule has 1 aromatic heterocycles. The number of nitriles is 1. The van der Waals surface area contributed by atoms with Crippen LogP contribution in [0.2, 0.25) is 0 Å². The number of ether oxygens (including phenoxy) is 1. The number of fused-ring (bicyclic) bond motifs is 1. The lowest BCUT2D eigenvalue weighted by Gasteiger charge is -2.41. The van der Waals surface area contributed by atoms with E-state index in [-0.39, 0.29) is 6.04 Å². The molecule has 0 saturated carbocycles. The van der Waals surface area contributed by atoms with Crippen molar-refractivity contribution in [2.45, 2.75) is 44.8 Å². The highest BCUT2D eigenvalue weighted by Gasteiger charge is 2.33. The van der Waals surface area contributed by atoms with Crippen LogP contribution in [0.4, 0.5) is 10.5 Å². The lowest BCUT2D eigenvalue weighted by molar-refractivity contribution is 0.122. The van der Waals surface area contributed by atoms with Crippen LogP contribution >= 0.6 is 0 Å². The number of pyridine rings is 1. The lowest BCUT2D eigenvalue weighted by Crippen LogP contribution is -2.54. The molecule has 3 aliphatic rings. The zero-order valence-electron chi connectivity index (χ0n) is 17.7. The number of rotatable bonds is 4. The fourth-order valence-corrected chi connectivity index (χ4v) is 4.83. The van der Waals surface area contributed by atoms with Gasteiger partial charge in [-0.15, -0.1) is 0 Å². The van der Waals surface area contributed by atoms with Crippen LogP contribution in [0.3, 0.4) is 0 Å². The Morgan fingerprint density at radius 2 is 2.23 bits per heavy atom. The molecule has 162 valence electrons. The highest BCUT2D eigenvalue weighted by atomic mass is 16.5. The van der Waals surface area contributed by atoms with Gasteiger partial charge in [-0.3, -0.25) is 0 Å². The number of piperazine rings is 1. The number of nitrogens with one attached hydrogen (secondary N) is 1. The Kier molecular flexibility index (Phi) is 5.97. The van der Waals surface area contributed by atoms with Gasteiger partial charge in [-0.1, -0.05) is 0 Å². The maximum atomic E-state index is 11.5. The number of likely N-dealkylation sites (tertiary alicyclic amines) is 1. The summed E-state index contributed by atoms with van der Waals surface area (Å²) in [6.45, 7) is 6.51. The standard InChI is InChI=1S/C21H30N6O3/c1-14-12-26(8-9-27(14)21(28)29)19-16-5-6-23-11-18(16)24-20(17(19)10-22)30-13-15-4-3-7-25(15)2/h14-15,23H,3-9,11-13H2,1-2H3,(H,28,29). The van der Waals surface area contributed by atoms with Gasteiger partial charge in [-0.2, -0.15) is 5.26 Å². The first-order valence-electron chi connectivity index (χ1n) is 10.7. The third-order valence-electron chi connectivity index (χ3n) is 6.55. The van der Waals surface area contributed by atoms with Crippen LogP contribution < -0.4 is 15.0 Å². The first-order chi connectivity index (χ1) is 14.5. The van der Waals surface area contributed by atoms with Crippen LogP contribution in [0.1, 0.15) is 36.6 Å². The Hall–Kier alpha value is -2.57. The van der Waals surface area contributed by atoms with Gasteiger partial charge in [0.25, 0.3) is 0 Å². The summed E-state index contributed by atoms with van der Waals surface area (Å²) >= 11 is 0. The van der Waals surface area contributed by atoms with E-state index in [9.17, 15) is 15.2 Å². The Balaban J connectivity index is 1.66. The van der Waals surface area contributed by atoms with Crippen LogP contribution in [0, 0.1) is 11.3 Å². The molecule has 9 nitrogen and oxygen atoms in total. The SMILES string of the molecule is CC1CN(c2c(C#N)c(OCC3CCCN3C)nc3c2CCNC3)CCN1C(=O)O. The number of carboxylic acid groups (broad SMARTS) is 1. The van der Waals surface area contributed by atoms with Gasteiger partial charge in [0, 0.05) is 43.8 Å². The van der Waals surface area contributed by atoms with E-state index >= 15 is 0 Å². The van der Waals surface area contributed by atoms with Crippen LogP contribution in [-0.2, 0) is 13.0 Å². The third kappa shape index (κ3) is 3.89. The molecule has 0 aromatic carbocycles.